The lowest BCUT2D eigenvalue weighted by atomic mass is 10.1. The van der Waals surface area contributed by atoms with Gasteiger partial charge in [0.1, 0.15) is 11.4 Å². The molecular formula is C17H16N4O2. The smallest absolute Gasteiger partial charge is 0.258 e. The van der Waals surface area contributed by atoms with Gasteiger partial charge in [0.25, 0.3) is 5.91 Å². The Labute approximate surface area is 134 Å². The molecule has 0 saturated carbocycles. The van der Waals surface area contributed by atoms with Crippen molar-refractivity contribution in [3.8, 4) is 11.4 Å². The summed E-state index contributed by atoms with van der Waals surface area (Å²) in [4.78, 5) is 18.3. The van der Waals surface area contributed by atoms with Crippen LogP contribution in [0.4, 0.5) is 5.69 Å². The molecule has 0 spiro atoms. The Bertz CT molecular complexity index is 801. The predicted octanol–water partition coefficient (Wildman–Crippen LogP) is 2.55. The zero-order valence-corrected chi connectivity index (χ0v) is 12.9. The van der Waals surface area contributed by atoms with Crippen LogP contribution in [0.5, 0.6) is 5.75 Å². The first-order valence-corrected chi connectivity index (χ1v) is 7.07. The van der Waals surface area contributed by atoms with E-state index in [9.17, 15) is 4.79 Å². The Morgan fingerprint density at radius 1 is 1.22 bits per heavy atom. The summed E-state index contributed by atoms with van der Waals surface area (Å²) in [5.74, 6) is 0.517. The molecule has 6 heteroatoms. The van der Waals surface area contributed by atoms with E-state index in [0.717, 1.165) is 5.69 Å². The van der Waals surface area contributed by atoms with Gasteiger partial charge in [-0.3, -0.25) is 9.78 Å². The minimum atomic E-state index is -0.131. The van der Waals surface area contributed by atoms with E-state index in [1.165, 1.54) is 0 Å². The van der Waals surface area contributed by atoms with Crippen LogP contribution in [0.2, 0.25) is 0 Å². The van der Waals surface area contributed by atoms with Crippen LogP contribution in [0.3, 0.4) is 0 Å². The van der Waals surface area contributed by atoms with Crippen molar-refractivity contribution in [1.82, 2.24) is 14.8 Å². The Morgan fingerprint density at radius 3 is 2.74 bits per heavy atom. The van der Waals surface area contributed by atoms with Crippen molar-refractivity contribution in [2.75, 3.05) is 19.1 Å². The van der Waals surface area contributed by atoms with Crippen molar-refractivity contribution in [2.24, 2.45) is 0 Å². The van der Waals surface area contributed by atoms with Gasteiger partial charge in [0.05, 0.1) is 19.0 Å². The molecule has 116 valence electrons. The summed E-state index contributed by atoms with van der Waals surface area (Å²) >= 11 is 0. The highest BCUT2D eigenvalue weighted by Gasteiger charge is 2.16. The van der Waals surface area contributed by atoms with E-state index in [2.05, 4.69) is 10.1 Å². The Kier molecular flexibility index (Phi) is 4.05. The quantitative estimate of drug-likeness (QED) is 0.743. The van der Waals surface area contributed by atoms with Crippen LogP contribution in [-0.4, -0.2) is 34.8 Å². The summed E-state index contributed by atoms with van der Waals surface area (Å²) < 4.78 is 7.02. The lowest BCUT2D eigenvalue weighted by Gasteiger charge is -2.18. The fourth-order valence-electron chi connectivity index (χ4n) is 2.28. The lowest BCUT2D eigenvalue weighted by Crippen LogP contribution is -2.26. The van der Waals surface area contributed by atoms with Gasteiger partial charge in [0.15, 0.2) is 0 Å². The number of carbonyl (C=O) groups excluding carboxylic acids is 1. The summed E-state index contributed by atoms with van der Waals surface area (Å²) in [6.07, 6.45) is 6.80. The number of pyridine rings is 1. The molecule has 0 atom stereocenters. The largest absolute Gasteiger partial charge is 0.494 e. The highest BCUT2D eigenvalue weighted by molar-refractivity contribution is 6.06. The molecule has 1 aromatic carbocycles. The number of hydrogen-bond acceptors (Lipinski definition) is 4. The van der Waals surface area contributed by atoms with Gasteiger partial charge in [-0.1, -0.05) is 0 Å². The van der Waals surface area contributed by atoms with Crippen molar-refractivity contribution in [3.63, 3.8) is 0 Å². The third kappa shape index (κ3) is 2.91. The number of ether oxygens (including phenoxy) is 1. The van der Waals surface area contributed by atoms with Crippen LogP contribution < -0.4 is 9.64 Å². The van der Waals surface area contributed by atoms with E-state index in [0.29, 0.717) is 17.0 Å². The van der Waals surface area contributed by atoms with Crippen molar-refractivity contribution >= 4 is 11.6 Å². The number of carbonyl (C=O) groups is 1. The first kappa shape index (κ1) is 14.8. The number of methoxy groups -OCH3 is 1. The van der Waals surface area contributed by atoms with E-state index in [1.54, 1.807) is 72.8 Å². The molecule has 0 bridgehead atoms. The first-order valence-electron chi connectivity index (χ1n) is 7.07. The van der Waals surface area contributed by atoms with Crippen LogP contribution in [0, 0.1) is 0 Å². The van der Waals surface area contributed by atoms with Crippen LogP contribution in [0.1, 0.15) is 10.4 Å². The van der Waals surface area contributed by atoms with Gasteiger partial charge >= 0.3 is 0 Å². The second-order valence-electron chi connectivity index (χ2n) is 4.91. The van der Waals surface area contributed by atoms with E-state index < -0.39 is 0 Å². The summed E-state index contributed by atoms with van der Waals surface area (Å²) in [6.45, 7) is 0. The second-order valence-corrected chi connectivity index (χ2v) is 4.91. The Balaban J connectivity index is 1.97. The maximum absolute atomic E-state index is 12.7. The molecule has 0 aliphatic rings. The van der Waals surface area contributed by atoms with Crippen molar-refractivity contribution in [1.29, 1.82) is 0 Å². The highest BCUT2D eigenvalue weighted by Crippen LogP contribution is 2.24. The number of aromatic nitrogens is 3. The van der Waals surface area contributed by atoms with Crippen LogP contribution in [-0.2, 0) is 0 Å². The predicted molar refractivity (Wildman–Crippen MR) is 87.1 cm³/mol. The average molecular weight is 308 g/mol. The normalized spacial score (nSPS) is 10.3. The van der Waals surface area contributed by atoms with E-state index in [1.807, 2.05) is 12.1 Å². The SMILES string of the molecule is COc1ccc(C(=O)N(C)c2cccnc2)cc1-n1cccn1. The molecule has 1 amide bonds. The molecule has 0 unspecified atom stereocenters. The maximum atomic E-state index is 12.7. The van der Waals surface area contributed by atoms with Gasteiger partial charge in [-0.2, -0.15) is 5.10 Å². The summed E-state index contributed by atoms with van der Waals surface area (Å²) in [5, 5.41) is 4.20. The van der Waals surface area contributed by atoms with Crippen molar-refractivity contribution in [2.45, 2.75) is 0 Å². The monoisotopic (exact) mass is 308 g/mol. The van der Waals surface area contributed by atoms with E-state index >= 15 is 0 Å². The van der Waals surface area contributed by atoms with E-state index in [-0.39, 0.29) is 5.91 Å². The number of anilines is 1. The van der Waals surface area contributed by atoms with Gasteiger partial charge in [-0.05, 0) is 36.4 Å². The topological polar surface area (TPSA) is 60.2 Å². The molecule has 2 aromatic heterocycles. The molecule has 0 N–H and O–H groups in total. The Hall–Kier alpha value is -3.15. The summed E-state index contributed by atoms with van der Waals surface area (Å²) in [7, 11) is 3.31. The van der Waals surface area contributed by atoms with Crippen LogP contribution >= 0.6 is 0 Å². The summed E-state index contributed by atoms with van der Waals surface area (Å²) in [5.41, 5.74) is 1.99. The zero-order valence-electron chi connectivity index (χ0n) is 12.9. The number of amides is 1. The molecule has 23 heavy (non-hydrogen) atoms. The number of hydrogen-bond donors (Lipinski definition) is 0. The maximum Gasteiger partial charge on any atom is 0.258 e. The molecule has 3 aromatic rings. The molecule has 3 rings (SSSR count). The number of nitrogens with zero attached hydrogens (tertiary/aromatic N) is 4. The summed E-state index contributed by atoms with van der Waals surface area (Å²) in [6, 6.07) is 10.7. The van der Waals surface area contributed by atoms with Gasteiger partial charge in [-0.25, -0.2) is 4.68 Å². The molecule has 0 aliphatic heterocycles. The minimum Gasteiger partial charge on any atom is -0.494 e. The first-order chi connectivity index (χ1) is 11.2. The lowest BCUT2D eigenvalue weighted by molar-refractivity contribution is 0.0993. The zero-order chi connectivity index (χ0) is 16.2. The molecule has 0 radical (unpaired) electrons. The minimum absolute atomic E-state index is 0.131. The van der Waals surface area contributed by atoms with Crippen molar-refractivity contribution < 1.29 is 9.53 Å². The fraction of sp³-hybridized carbons (Fsp3) is 0.118. The van der Waals surface area contributed by atoms with Gasteiger partial charge < -0.3 is 9.64 Å². The molecule has 0 aliphatic carbocycles. The highest BCUT2D eigenvalue weighted by atomic mass is 16.5. The molecule has 0 saturated heterocycles. The number of benzene rings is 1. The molecular weight excluding hydrogens is 292 g/mol. The molecule has 2 heterocycles. The van der Waals surface area contributed by atoms with E-state index in [4.69, 9.17) is 4.74 Å². The van der Waals surface area contributed by atoms with Crippen LogP contribution in [0.15, 0.2) is 61.2 Å². The molecule has 6 nitrogen and oxygen atoms in total. The Morgan fingerprint density at radius 2 is 2.09 bits per heavy atom. The van der Waals surface area contributed by atoms with Gasteiger partial charge in [0.2, 0.25) is 0 Å². The van der Waals surface area contributed by atoms with Crippen molar-refractivity contribution in [3.05, 3.63) is 66.7 Å². The van der Waals surface area contributed by atoms with Gasteiger partial charge in [-0.15, -0.1) is 0 Å². The number of rotatable bonds is 4. The molecule has 0 fully saturated rings. The average Bonchev–Trinajstić information content (AvgIpc) is 3.15. The van der Waals surface area contributed by atoms with Crippen LogP contribution in [0.25, 0.3) is 5.69 Å². The fourth-order valence-corrected chi connectivity index (χ4v) is 2.28. The van der Waals surface area contributed by atoms with Gasteiger partial charge in [0, 0.05) is 31.2 Å². The standard InChI is InChI=1S/C17H16N4O2/c1-20(14-5-3-8-18-12-14)17(22)13-6-7-16(23-2)15(11-13)21-10-4-9-19-21/h3-12H,1-2H3. The third-order valence-corrected chi connectivity index (χ3v) is 3.51. The third-order valence-electron chi connectivity index (χ3n) is 3.51. The second kappa shape index (κ2) is 6.31.